The van der Waals surface area contributed by atoms with Crippen LogP contribution in [-0.2, 0) is 6.42 Å². The number of nitro groups is 1. The van der Waals surface area contributed by atoms with Crippen LogP contribution in [0, 0.1) is 17.0 Å². The summed E-state index contributed by atoms with van der Waals surface area (Å²) in [6.45, 7) is 5.63. The van der Waals surface area contributed by atoms with E-state index in [4.69, 9.17) is 0 Å². The zero-order valence-electron chi connectivity index (χ0n) is 13.5. The smallest absolute Gasteiger partial charge is 0.273 e. The Morgan fingerprint density at radius 3 is 2.43 bits per heavy atom. The fourth-order valence-corrected chi connectivity index (χ4v) is 2.35. The monoisotopic (exact) mass is 312 g/mol. The van der Waals surface area contributed by atoms with Gasteiger partial charge in [-0.3, -0.25) is 14.9 Å². The van der Waals surface area contributed by atoms with Crippen molar-refractivity contribution in [2.45, 2.75) is 33.2 Å². The Hall–Kier alpha value is -2.69. The average molecular weight is 312 g/mol. The van der Waals surface area contributed by atoms with E-state index in [0.29, 0.717) is 11.1 Å². The molecule has 0 aliphatic carbocycles. The number of carbonyl (C=O) groups excluding carboxylic acids is 1. The van der Waals surface area contributed by atoms with Crippen molar-refractivity contribution in [3.8, 4) is 0 Å². The molecule has 0 bridgehead atoms. The number of nitro benzene ring substituents is 1. The molecule has 120 valence electrons. The predicted octanol–water partition coefficient (Wildman–Crippen LogP) is 3.96. The second kappa shape index (κ2) is 7.05. The van der Waals surface area contributed by atoms with Crippen molar-refractivity contribution >= 4 is 11.6 Å². The number of hydrogen-bond donors (Lipinski definition) is 1. The summed E-state index contributed by atoms with van der Waals surface area (Å²) < 4.78 is 0. The van der Waals surface area contributed by atoms with Gasteiger partial charge >= 0.3 is 0 Å². The number of nitrogens with zero attached hydrogens (tertiary/aromatic N) is 1. The van der Waals surface area contributed by atoms with Gasteiger partial charge in [0.25, 0.3) is 11.6 Å². The average Bonchev–Trinajstić information content (AvgIpc) is 2.54. The molecule has 0 aliphatic rings. The first-order valence-corrected chi connectivity index (χ1v) is 7.57. The van der Waals surface area contributed by atoms with Crippen LogP contribution in [0.1, 0.15) is 46.9 Å². The van der Waals surface area contributed by atoms with E-state index in [1.165, 1.54) is 11.6 Å². The minimum absolute atomic E-state index is 0.0439. The number of aryl methyl sites for hydroxylation is 2. The molecule has 0 spiro atoms. The molecule has 0 radical (unpaired) electrons. The third-order valence-electron chi connectivity index (χ3n) is 3.90. The molecule has 2 aromatic carbocycles. The Balaban J connectivity index is 2.14. The van der Waals surface area contributed by atoms with Gasteiger partial charge in [-0.25, -0.2) is 0 Å². The van der Waals surface area contributed by atoms with Crippen LogP contribution < -0.4 is 5.32 Å². The predicted molar refractivity (Wildman–Crippen MR) is 89.5 cm³/mol. The third kappa shape index (κ3) is 3.94. The summed E-state index contributed by atoms with van der Waals surface area (Å²) in [7, 11) is 0. The van der Waals surface area contributed by atoms with Crippen molar-refractivity contribution in [3.05, 3.63) is 74.8 Å². The molecule has 2 aromatic rings. The summed E-state index contributed by atoms with van der Waals surface area (Å²) in [5.74, 6) is -0.319. The highest BCUT2D eigenvalue weighted by molar-refractivity contribution is 5.95. The Kier molecular flexibility index (Phi) is 5.11. The van der Waals surface area contributed by atoms with Crippen LogP contribution in [0.3, 0.4) is 0 Å². The van der Waals surface area contributed by atoms with E-state index in [2.05, 4.69) is 12.2 Å². The van der Waals surface area contributed by atoms with E-state index in [-0.39, 0.29) is 17.6 Å². The van der Waals surface area contributed by atoms with Crippen LogP contribution in [0.4, 0.5) is 5.69 Å². The first kappa shape index (κ1) is 16.7. The summed E-state index contributed by atoms with van der Waals surface area (Å²) in [5.41, 5.74) is 3.02. The molecule has 0 unspecified atom stereocenters. The first-order valence-electron chi connectivity index (χ1n) is 7.57. The lowest BCUT2D eigenvalue weighted by Gasteiger charge is -2.15. The Morgan fingerprint density at radius 1 is 1.22 bits per heavy atom. The summed E-state index contributed by atoms with van der Waals surface area (Å²) in [5, 5.41) is 13.8. The third-order valence-corrected chi connectivity index (χ3v) is 3.90. The maximum atomic E-state index is 12.3. The first-order chi connectivity index (χ1) is 10.9. The molecule has 0 heterocycles. The molecule has 1 atom stereocenters. The highest BCUT2D eigenvalue weighted by Gasteiger charge is 2.16. The summed E-state index contributed by atoms with van der Waals surface area (Å²) in [6, 6.07) is 12.4. The number of nitrogens with one attached hydrogen (secondary N) is 1. The van der Waals surface area contributed by atoms with Crippen LogP contribution in [0.5, 0.6) is 0 Å². The summed E-state index contributed by atoms with van der Waals surface area (Å²) >= 11 is 0. The van der Waals surface area contributed by atoms with Gasteiger partial charge in [-0.2, -0.15) is 0 Å². The molecule has 0 aromatic heterocycles. The van der Waals surface area contributed by atoms with Crippen LogP contribution in [-0.4, -0.2) is 10.8 Å². The minimum Gasteiger partial charge on any atom is -0.346 e. The fraction of sp³-hybridized carbons (Fsp3) is 0.278. The Morgan fingerprint density at radius 2 is 1.87 bits per heavy atom. The van der Waals surface area contributed by atoms with Gasteiger partial charge in [0.05, 0.1) is 11.0 Å². The van der Waals surface area contributed by atoms with Gasteiger partial charge in [-0.05, 0) is 37.5 Å². The topological polar surface area (TPSA) is 72.2 Å². The molecule has 0 saturated carbocycles. The fourth-order valence-electron chi connectivity index (χ4n) is 2.35. The van der Waals surface area contributed by atoms with E-state index in [9.17, 15) is 14.9 Å². The Labute approximate surface area is 135 Å². The molecule has 0 fully saturated rings. The van der Waals surface area contributed by atoms with Crippen LogP contribution >= 0.6 is 0 Å². The van der Waals surface area contributed by atoms with Crippen molar-refractivity contribution in [1.29, 1.82) is 0 Å². The van der Waals surface area contributed by atoms with Gasteiger partial charge in [-0.1, -0.05) is 37.3 Å². The maximum Gasteiger partial charge on any atom is 0.273 e. The number of hydrogen-bond acceptors (Lipinski definition) is 3. The molecule has 2 rings (SSSR count). The molecular formula is C18H20N2O3. The van der Waals surface area contributed by atoms with Crippen molar-refractivity contribution < 1.29 is 9.72 Å². The summed E-state index contributed by atoms with van der Waals surface area (Å²) in [6.07, 6.45) is 0.966. The standard InChI is InChI=1S/C18H20N2O3/c1-4-14-6-9-15(10-7-14)13(3)19-18(21)16-8-5-12(2)17(11-16)20(22)23/h5-11,13H,4H2,1-3H3,(H,19,21)/t13-/m0/s1. The zero-order valence-corrected chi connectivity index (χ0v) is 13.5. The highest BCUT2D eigenvalue weighted by Crippen LogP contribution is 2.20. The van der Waals surface area contributed by atoms with Gasteiger partial charge in [-0.15, -0.1) is 0 Å². The molecule has 23 heavy (non-hydrogen) atoms. The molecule has 5 nitrogen and oxygen atoms in total. The Bertz CT molecular complexity index is 724. The van der Waals surface area contributed by atoms with E-state index < -0.39 is 4.92 Å². The second-order valence-electron chi connectivity index (χ2n) is 5.55. The summed E-state index contributed by atoms with van der Waals surface area (Å²) in [4.78, 5) is 22.8. The van der Waals surface area contributed by atoms with Crippen molar-refractivity contribution in [3.63, 3.8) is 0 Å². The van der Waals surface area contributed by atoms with Gasteiger partial charge in [0.2, 0.25) is 0 Å². The maximum absolute atomic E-state index is 12.3. The van der Waals surface area contributed by atoms with Crippen LogP contribution in [0.15, 0.2) is 42.5 Å². The van der Waals surface area contributed by atoms with Crippen LogP contribution in [0.25, 0.3) is 0 Å². The molecule has 0 saturated heterocycles. The van der Waals surface area contributed by atoms with Gasteiger partial charge in [0.1, 0.15) is 0 Å². The second-order valence-corrected chi connectivity index (χ2v) is 5.55. The molecule has 1 amide bonds. The normalized spacial score (nSPS) is 11.8. The molecular weight excluding hydrogens is 292 g/mol. The number of benzene rings is 2. The lowest BCUT2D eigenvalue weighted by molar-refractivity contribution is -0.385. The lowest BCUT2D eigenvalue weighted by atomic mass is 10.0. The number of carbonyl (C=O) groups is 1. The van der Waals surface area contributed by atoms with E-state index >= 15 is 0 Å². The SMILES string of the molecule is CCc1ccc([C@H](C)NC(=O)c2ccc(C)c([N+](=O)[O-])c2)cc1. The quantitative estimate of drug-likeness (QED) is 0.671. The van der Waals surface area contributed by atoms with E-state index in [1.807, 2.05) is 31.2 Å². The lowest BCUT2D eigenvalue weighted by Crippen LogP contribution is -2.26. The minimum atomic E-state index is -0.473. The van der Waals surface area contributed by atoms with Gasteiger partial charge in [0.15, 0.2) is 0 Å². The largest absolute Gasteiger partial charge is 0.346 e. The van der Waals surface area contributed by atoms with Crippen molar-refractivity contribution in [2.75, 3.05) is 0 Å². The number of amides is 1. The molecule has 0 aliphatic heterocycles. The number of rotatable bonds is 5. The van der Waals surface area contributed by atoms with Crippen molar-refractivity contribution in [1.82, 2.24) is 5.32 Å². The molecule has 1 N–H and O–H groups in total. The van der Waals surface area contributed by atoms with Crippen molar-refractivity contribution in [2.24, 2.45) is 0 Å². The van der Waals surface area contributed by atoms with E-state index in [1.54, 1.807) is 19.1 Å². The van der Waals surface area contributed by atoms with Crippen LogP contribution in [0.2, 0.25) is 0 Å². The highest BCUT2D eigenvalue weighted by atomic mass is 16.6. The molecule has 5 heteroatoms. The van der Waals surface area contributed by atoms with Gasteiger partial charge in [0, 0.05) is 17.2 Å². The van der Waals surface area contributed by atoms with E-state index in [0.717, 1.165) is 12.0 Å². The zero-order chi connectivity index (χ0) is 17.0. The van der Waals surface area contributed by atoms with Gasteiger partial charge < -0.3 is 5.32 Å².